The van der Waals surface area contributed by atoms with Crippen LogP contribution in [0.15, 0.2) is 24.3 Å². The van der Waals surface area contributed by atoms with Gasteiger partial charge in [0.05, 0.1) is 5.56 Å². The van der Waals surface area contributed by atoms with Gasteiger partial charge in [0.25, 0.3) is 0 Å². The van der Waals surface area contributed by atoms with Gasteiger partial charge in [-0.2, -0.15) is 0 Å². The van der Waals surface area contributed by atoms with E-state index in [1.54, 1.807) is 6.07 Å². The molecule has 1 heterocycles. The Kier molecular flexibility index (Phi) is 2.89. The fourth-order valence-electron chi connectivity index (χ4n) is 3.11. The Morgan fingerprint density at radius 2 is 2.15 bits per heavy atom. The van der Waals surface area contributed by atoms with Crippen LogP contribution in [0.1, 0.15) is 47.9 Å². The van der Waals surface area contributed by atoms with Gasteiger partial charge in [-0.05, 0) is 37.5 Å². The van der Waals surface area contributed by atoms with Crippen LogP contribution >= 0.6 is 0 Å². The number of carbonyl (C=O) groups excluding carboxylic acids is 2. The maximum atomic E-state index is 12.0. The van der Waals surface area contributed by atoms with Crippen molar-refractivity contribution in [2.75, 3.05) is 0 Å². The fraction of sp³-hybridized carbons (Fsp3) is 0.375. The Hall–Kier alpha value is -2.10. The molecule has 4 heteroatoms. The van der Waals surface area contributed by atoms with Crippen molar-refractivity contribution in [1.82, 2.24) is 0 Å². The Morgan fingerprint density at radius 1 is 1.40 bits per heavy atom. The Balaban J connectivity index is 2.09. The van der Waals surface area contributed by atoms with Crippen LogP contribution in [-0.2, 0) is 16.0 Å². The standard InChI is InChI=1S/C16H16O4/c1-8(2)12-5-4-10-6-11(19-9(3)17)7-13-14(10)15(12)20-16(13)18/h6-7,12,15H,1,4-5H2,2-3H3/t12-,15-/m0/s1. The van der Waals surface area contributed by atoms with Gasteiger partial charge in [0, 0.05) is 18.4 Å². The summed E-state index contributed by atoms with van der Waals surface area (Å²) in [6.45, 7) is 7.31. The summed E-state index contributed by atoms with van der Waals surface area (Å²) >= 11 is 0. The topological polar surface area (TPSA) is 52.6 Å². The number of rotatable bonds is 2. The van der Waals surface area contributed by atoms with E-state index in [9.17, 15) is 9.59 Å². The number of hydrogen-bond acceptors (Lipinski definition) is 4. The number of benzene rings is 1. The van der Waals surface area contributed by atoms with Gasteiger partial charge in [0.1, 0.15) is 11.9 Å². The predicted octanol–water partition coefficient (Wildman–Crippen LogP) is 2.96. The van der Waals surface area contributed by atoms with E-state index in [4.69, 9.17) is 9.47 Å². The van der Waals surface area contributed by atoms with Gasteiger partial charge in [-0.1, -0.05) is 12.2 Å². The van der Waals surface area contributed by atoms with Gasteiger partial charge >= 0.3 is 11.9 Å². The second-order valence-corrected chi connectivity index (χ2v) is 5.45. The number of esters is 2. The summed E-state index contributed by atoms with van der Waals surface area (Å²) in [5, 5.41) is 0. The monoisotopic (exact) mass is 272 g/mol. The largest absolute Gasteiger partial charge is 0.453 e. The molecule has 0 bridgehead atoms. The third-order valence-electron chi connectivity index (χ3n) is 3.96. The van der Waals surface area contributed by atoms with E-state index in [0.29, 0.717) is 11.3 Å². The lowest BCUT2D eigenvalue weighted by atomic mass is 9.78. The van der Waals surface area contributed by atoms with Gasteiger partial charge in [0.2, 0.25) is 0 Å². The molecule has 0 unspecified atom stereocenters. The fourth-order valence-corrected chi connectivity index (χ4v) is 3.11. The maximum absolute atomic E-state index is 12.0. The number of aryl methyl sites for hydroxylation is 1. The van der Waals surface area contributed by atoms with Crippen LogP contribution < -0.4 is 4.74 Å². The molecule has 0 spiro atoms. The van der Waals surface area contributed by atoms with Crippen LogP contribution in [0.3, 0.4) is 0 Å². The first kappa shape index (κ1) is 12.9. The Labute approximate surface area is 117 Å². The summed E-state index contributed by atoms with van der Waals surface area (Å²) in [6, 6.07) is 3.44. The van der Waals surface area contributed by atoms with Crippen LogP contribution in [0.4, 0.5) is 0 Å². The molecule has 0 amide bonds. The molecule has 0 saturated carbocycles. The molecular formula is C16H16O4. The third kappa shape index (κ3) is 1.92. The highest BCUT2D eigenvalue weighted by Crippen LogP contribution is 2.47. The average molecular weight is 272 g/mol. The Bertz CT molecular complexity index is 630. The number of carbonyl (C=O) groups is 2. The lowest BCUT2D eigenvalue weighted by Gasteiger charge is -2.29. The quantitative estimate of drug-likeness (QED) is 0.472. The SMILES string of the molecule is C=C(C)[C@@H]1CCc2cc(OC(C)=O)cc3c2[C@H]1OC3=O. The molecule has 2 aliphatic rings. The normalized spacial score (nSPS) is 23.0. The second-order valence-electron chi connectivity index (χ2n) is 5.45. The maximum Gasteiger partial charge on any atom is 0.339 e. The first-order valence-corrected chi connectivity index (χ1v) is 6.69. The van der Waals surface area contributed by atoms with Crippen molar-refractivity contribution < 1.29 is 19.1 Å². The summed E-state index contributed by atoms with van der Waals surface area (Å²) in [6.07, 6.45) is 1.50. The zero-order chi connectivity index (χ0) is 14.4. The minimum absolute atomic E-state index is 0.173. The smallest absolute Gasteiger partial charge is 0.339 e. The molecule has 0 N–H and O–H groups in total. The van der Waals surface area contributed by atoms with Gasteiger partial charge in [-0.3, -0.25) is 4.79 Å². The molecule has 0 radical (unpaired) electrons. The van der Waals surface area contributed by atoms with E-state index in [-0.39, 0.29) is 18.0 Å². The van der Waals surface area contributed by atoms with E-state index in [0.717, 1.165) is 29.5 Å². The molecule has 20 heavy (non-hydrogen) atoms. The molecule has 0 saturated heterocycles. The highest BCUT2D eigenvalue weighted by atomic mass is 16.6. The minimum atomic E-state index is -0.393. The lowest BCUT2D eigenvalue weighted by molar-refractivity contribution is -0.131. The van der Waals surface area contributed by atoms with Crippen molar-refractivity contribution in [2.24, 2.45) is 5.92 Å². The van der Waals surface area contributed by atoms with Crippen LogP contribution in [0.5, 0.6) is 5.75 Å². The molecule has 0 aromatic heterocycles. The van der Waals surface area contributed by atoms with Crippen LogP contribution in [-0.4, -0.2) is 11.9 Å². The van der Waals surface area contributed by atoms with Crippen molar-refractivity contribution >= 4 is 11.9 Å². The van der Waals surface area contributed by atoms with Crippen LogP contribution in [0.25, 0.3) is 0 Å². The van der Waals surface area contributed by atoms with E-state index in [1.807, 2.05) is 13.0 Å². The molecule has 1 aliphatic carbocycles. The molecule has 1 aromatic rings. The van der Waals surface area contributed by atoms with Gasteiger partial charge < -0.3 is 9.47 Å². The van der Waals surface area contributed by atoms with E-state index in [2.05, 4.69) is 6.58 Å². The predicted molar refractivity (Wildman–Crippen MR) is 72.5 cm³/mol. The van der Waals surface area contributed by atoms with Crippen molar-refractivity contribution in [2.45, 2.75) is 32.8 Å². The number of ether oxygens (including phenoxy) is 2. The zero-order valence-electron chi connectivity index (χ0n) is 11.6. The van der Waals surface area contributed by atoms with Crippen LogP contribution in [0, 0.1) is 5.92 Å². The summed E-state index contributed by atoms with van der Waals surface area (Å²) in [7, 11) is 0. The summed E-state index contributed by atoms with van der Waals surface area (Å²) in [5.41, 5.74) is 3.54. The molecule has 1 aliphatic heterocycles. The highest BCUT2D eigenvalue weighted by Gasteiger charge is 2.41. The van der Waals surface area contributed by atoms with Gasteiger partial charge in [-0.15, -0.1) is 0 Å². The van der Waals surface area contributed by atoms with Gasteiger partial charge in [0.15, 0.2) is 0 Å². The molecule has 104 valence electrons. The third-order valence-corrected chi connectivity index (χ3v) is 3.96. The summed E-state index contributed by atoms with van der Waals surface area (Å²) < 4.78 is 10.6. The first-order chi connectivity index (χ1) is 9.47. The van der Waals surface area contributed by atoms with E-state index >= 15 is 0 Å². The highest BCUT2D eigenvalue weighted by molar-refractivity contribution is 5.95. The summed E-state index contributed by atoms with van der Waals surface area (Å²) in [4.78, 5) is 23.1. The molecule has 3 rings (SSSR count). The van der Waals surface area contributed by atoms with Crippen molar-refractivity contribution in [1.29, 1.82) is 0 Å². The molecule has 2 atom stereocenters. The lowest BCUT2D eigenvalue weighted by Crippen LogP contribution is -2.20. The van der Waals surface area contributed by atoms with E-state index in [1.165, 1.54) is 6.92 Å². The van der Waals surface area contributed by atoms with Crippen molar-refractivity contribution in [3.63, 3.8) is 0 Å². The second kappa shape index (κ2) is 4.47. The van der Waals surface area contributed by atoms with Crippen LogP contribution in [0.2, 0.25) is 0 Å². The van der Waals surface area contributed by atoms with E-state index < -0.39 is 5.97 Å². The van der Waals surface area contributed by atoms with Crippen molar-refractivity contribution in [3.8, 4) is 5.75 Å². The first-order valence-electron chi connectivity index (χ1n) is 6.69. The molecule has 0 fully saturated rings. The number of hydrogen-bond donors (Lipinski definition) is 0. The molecule has 4 nitrogen and oxygen atoms in total. The summed E-state index contributed by atoms with van der Waals surface area (Å²) in [5.74, 6) is -0.144. The molecular weight excluding hydrogens is 256 g/mol. The Morgan fingerprint density at radius 3 is 2.80 bits per heavy atom. The van der Waals surface area contributed by atoms with Crippen molar-refractivity contribution in [3.05, 3.63) is 41.0 Å². The average Bonchev–Trinajstić information content (AvgIpc) is 2.67. The van der Waals surface area contributed by atoms with Gasteiger partial charge in [-0.25, -0.2) is 4.79 Å². The zero-order valence-corrected chi connectivity index (χ0v) is 11.6. The molecule has 1 aromatic carbocycles. The minimum Gasteiger partial charge on any atom is -0.453 e.